The first kappa shape index (κ1) is 13.1. The second-order valence-electron chi connectivity index (χ2n) is 1.83. The Labute approximate surface area is 92.2 Å². The van der Waals surface area contributed by atoms with Crippen LogP contribution in [0.4, 0.5) is 0 Å². The fourth-order valence-corrected chi connectivity index (χ4v) is 0.786. The van der Waals surface area contributed by atoms with Crippen LogP contribution in [-0.2, 0) is 4.74 Å². The highest BCUT2D eigenvalue weighted by molar-refractivity contribution is 6.40. The molecule has 6 heteroatoms. The van der Waals surface area contributed by atoms with Gasteiger partial charge >= 0.3 is 5.97 Å². The predicted octanol–water partition coefficient (Wildman–Crippen LogP) is 2.60. The van der Waals surface area contributed by atoms with Crippen molar-refractivity contribution in [3.8, 4) is 0 Å². The minimum Gasteiger partial charge on any atom is -0.464 e. The quantitative estimate of drug-likeness (QED) is 0.704. The third kappa shape index (κ3) is 3.47. The number of carbonyl (C=O) groups excluding carboxylic acids is 1. The molecule has 0 saturated carbocycles. The third-order valence-electron chi connectivity index (χ3n) is 1.08. The first-order chi connectivity index (χ1) is 6.65. The number of ether oxygens (including phenoxy) is 1. The first-order valence-electron chi connectivity index (χ1n) is 3.91. The topological polar surface area (TPSA) is 52.1 Å². The van der Waals surface area contributed by atoms with Crippen LogP contribution < -0.4 is 0 Å². The van der Waals surface area contributed by atoms with Gasteiger partial charge in [-0.2, -0.15) is 0 Å². The summed E-state index contributed by atoms with van der Waals surface area (Å²) in [7, 11) is 1.24. The molecule has 0 radical (unpaired) electrons. The molecule has 0 spiro atoms. The van der Waals surface area contributed by atoms with Crippen molar-refractivity contribution in [2.24, 2.45) is 0 Å². The summed E-state index contributed by atoms with van der Waals surface area (Å²) in [6.07, 6.45) is 1.19. The van der Waals surface area contributed by atoms with Crippen LogP contribution in [0.3, 0.4) is 0 Å². The highest BCUT2D eigenvalue weighted by Crippen LogP contribution is 2.15. The van der Waals surface area contributed by atoms with Crippen LogP contribution >= 0.6 is 23.2 Å². The van der Waals surface area contributed by atoms with Crippen LogP contribution in [-0.4, -0.2) is 23.0 Å². The standard InChI is InChI=1S/C6H4Cl2N2O2.C2H6/c1-12-6(11)3-2-9-4(7)5(8)10-3;1-2/h2H,1H3;1-2H3. The Morgan fingerprint density at radius 1 is 1.36 bits per heavy atom. The van der Waals surface area contributed by atoms with Crippen LogP contribution in [0.25, 0.3) is 0 Å². The van der Waals surface area contributed by atoms with Crippen molar-refractivity contribution in [2.75, 3.05) is 7.11 Å². The van der Waals surface area contributed by atoms with Crippen molar-refractivity contribution < 1.29 is 9.53 Å². The van der Waals surface area contributed by atoms with E-state index in [9.17, 15) is 4.79 Å². The van der Waals surface area contributed by atoms with Gasteiger partial charge < -0.3 is 4.74 Å². The summed E-state index contributed by atoms with van der Waals surface area (Å²) in [5, 5.41) is 0.0453. The molecule has 0 N–H and O–H groups in total. The van der Waals surface area contributed by atoms with E-state index >= 15 is 0 Å². The molecule has 1 heterocycles. The van der Waals surface area contributed by atoms with Crippen LogP contribution in [0, 0.1) is 0 Å². The van der Waals surface area contributed by atoms with Gasteiger partial charge in [-0.05, 0) is 0 Å². The summed E-state index contributed by atoms with van der Waals surface area (Å²) < 4.78 is 4.39. The number of hydrogen-bond acceptors (Lipinski definition) is 4. The van der Waals surface area contributed by atoms with E-state index in [4.69, 9.17) is 23.2 Å². The van der Waals surface area contributed by atoms with Crippen molar-refractivity contribution in [2.45, 2.75) is 13.8 Å². The van der Waals surface area contributed by atoms with Crippen molar-refractivity contribution in [3.05, 3.63) is 22.2 Å². The van der Waals surface area contributed by atoms with E-state index in [1.807, 2.05) is 13.8 Å². The summed E-state index contributed by atoms with van der Waals surface area (Å²) in [5.41, 5.74) is 0.0342. The van der Waals surface area contributed by atoms with Gasteiger partial charge in [-0.1, -0.05) is 37.0 Å². The van der Waals surface area contributed by atoms with Gasteiger partial charge in [0.2, 0.25) is 0 Å². The highest BCUT2D eigenvalue weighted by atomic mass is 35.5. The van der Waals surface area contributed by atoms with E-state index < -0.39 is 5.97 Å². The summed E-state index contributed by atoms with van der Waals surface area (Å²) in [4.78, 5) is 18.1. The molecule has 0 aliphatic rings. The van der Waals surface area contributed by atoms with E-state index in [1.165, 1.54) is 13.3 Å². The maximum absolute atomic E-state index is 10.9. The van der Waals surface area contributed by atoms with Gasteiger partial charge in [-0.25, -0.2) is 14.8 Å². The van der Waals surface area contributed by atoms with E-state index in [0.717, 1.165) is 0 Å². The van der Waals surface area contributed by atoms with Crippen LogP contribution in [0.5, 0.6) is 0 Å². The van der Waals surface area contributed by atoms with Crippen molar-refractivity contribution in [3.63, 3.8) is 0 Å². The molecule has 4 nitrogen and oxygen atoms in total. The average Bonchev–Trinajstić information content (AvgIpc) is 2.24. The van der Waals surface area contributed by atoms with Crippen molar-refractivity contribution in [1.82, 2.24) is 9.97 Å². The molecule has 1 aromatic heterocycles. The van der Waals surface area contributed by atoms with Gasteiger partial charge in [-0.15, -0.1) is 0 Å². The van der Waals surface area contributed by atoms with Gasteiger partial charge in [-0.3, -0.25) is 0 Å². The maximum atomic E-state index is 10.9. The minimum absolute atomic E-state index is 0.0143. The Morgan fingerprint density at radius 2 is 1.93 bits per heavy atom. The van der Waals surface area contributed by atoms with Gasteiger partial charge in [0.25, 0.3) is 0 Å². The molecule has 1 rings (SSSR count). The molecule has 0 aliphatic heterocycles. The molecule has 0 atom stereocenters. The summed E-state index contributed by atoms with van der Waals surface area (Å²) in [6.45, 7) is 4.00. The molecular formula is C8H10Cl2N2O2. The van der Waals surface area contributed by atoms with E-state index in [2.05, 4.69) is 14.7 Å². The zero-order chi connectivity index (χ0) is 11.1. The first-order valence-corrected chi connectivity index (χ1v) is 4.67. The molecule has 0 saturated heterocycles. The molecule has 0 amide bonds. The Bertz CT molecular complexity index is 318. The van der Waals surface area contributed by atoms with Gasteiger partial charge in [0.15, 0.2) is 16.0 Å². The van der Waals surface area contributed by atoms with Gasteiger partial charge in [0.05, 0.1) is 13.3 Å². The van der Waals surface area contributed by atoms with Crippen LogP contribution in [0.1, 0.15) is 24.3 Å². The monoisotopic (exact) mass is 236 g/mol. The van der Waals surface area contributed by atoms with Gasteiger partial charge in [0, 0.05) is 0 Å². The molecule has 14 heavy (non-hydrogen) atoms. The van der Waals surface area contributed by atoms with Crippen LogP contribution in [0.15, 0.2) is 6.20 Å². The van der Waals surface area contributed by atoms with E-state index in [-0.39, 0.29) is 16.0 Å². The summed E-state index contributed by atoms with van der Waals surface area (Å²) in [5.74, 6) is -0.596. The zero-order valence-electron chi connectivity index (χ0n) is 8.04. The maximum Gasteiger partial charge on any atom is 0.358 e. The van der Waals surface area contributed by atoms with Crippen LogP contribution in [0.2, 0.25) is 10.3 Å². The second-order valence-corrected chi connectivity index (χ2v) is 2.54. The largest absolute Gasteiger partial charge is 0.464 e. The second kappa shape index (κ2) is 6.56. The lowest BCUT2D eigenvalue weighted by molar-refractivity contribution is 0.0593. The molecule has 78 valence electrons. The van der Waals surface area contributed by atoms with Gasteiger partial charge in [0.1, 0.15) is 0 Å². The molecule has 1 aromatic rings. The number of halogens is 2. The third-order valence-corrected chi connectivity index (χ3v) is 1.72. The number of rotatable bonds is 1. The molecular weight excluding hydrogens is 227 g/mol. The minimum atomic E-state index is -0.596. The molecule has 0 aromatic carbocycles. The predicted molar refractivity (Wildman–Crippen MR) is 54.7 cm³/mol. The number of methoxy groups -OCH3 is 1. The highest BCUT2D eigenvalue weighted by Gasteiger charge is 2.09. The molecule has 0 fully saturated rings. The molecule has 0 aliphatic carbocycles. The summed E-state index contributed by atoms with van der Waals surface area (Å²) >= 11 is 11.0. The number of aromatic nitrogens is 2. The average molecular weight is 237 g/mol. The smallest absolute Gasteiger partial charge is 0.358 e. The fraction of sp³-hybridized carbons (Fsp3) is 0.375. The fourth-order valence-electron chi connectivity index (χ4n) is 0.555. The Kier molecular flexibility index (Phi) is 6.16. The number of hydrogen-bond donors (Lipinski definition) is 0. The molecule has 0 bridgehead atoms. The SMILES string of the molecule is CC.COC(=O)c1cnc(Cl)c(Cl)n1. The lowest BCUT2D eigenvalue weighted by atomic mass is 10.5. The number of carbonyl (C=O) groups is 1. The lowest BCUT2D eigenvalue weighted by Crippen LogP contribution is -2.05. The lowest BCUT2D eigenvalue weighted by Gasteiger charge is -1.98. The molecule has 0 unspecified atom stereocenters. The zero-order valence-corrected chi connectivity index (χ0v) is 9.56. The number of esters is 1. The summed E-state index contributed by atoms with van der Waals surface area (Å²) in [6, 6.07) is 0. The Morgan fingerprint density at radius 3 is 2.36 bits per heavy atom. The Hall–Kier alpha value is -0.870. The van der Waals surface area contributed by atoms with E-state index in [0.29, 0.717) is 0 Å². The Balaban J connectivity index is 0.000000791. The van der Waals surface area contributed by atoms with Crippen molar-refractivity contribution >= 4 is 29.2 Å². The normalized spacial score (nSPS) is 8.64. The number of nitrogens with zero attached hydrogens (tertiary/aromatic N) is 2. The van der Waals surface area contributed by atoms with Crippen molar-refractivity contribution in [1.29, 1.82) is 0 Å². The van der Waals surface area contributed by atoms with E-state index in [1.54, 1.807) is 0 Å².